The van der Waals surface area contributed by atoms with Gasteiger partial charge in [-0.25, -0.2) is 18.5 Å². The van der Waals surface area contributed by atoms with E-state index in [4.69, 9.17) is 16.7 Å². The minimum atomic E-state index is -3.94. The number of primary sulfonamides is 1. The van der Waals surface area contributed by atoms with E-state index in [0.29, 0.717) is 22.0 Å². The number of hydrogen-bond acceptors (Lipinski definition) is 5. The number of carbonyl (C=O) groups is 2. The Hall–Kier alpha value is -3.46. The highest BCUT2D eigenvalue weighted by Gasteiger charge is 2.44. The first-order valence-electron chi connectivity index (χ1n) is 9.95. The fourth-order valence-corrected chi connectivity index (χ4v) is 4.19. The Bertz CT molecular complexity index is 1370. The first kappa shape index (κ1) is 22.7. The fourth-order valence-electron chi connectivity index (χ4n) is 3.51. The van der Waals surface area contributed by atoms with Gasteiger partial charge in [0.15, 0.2) is 0 Å². The molecular formula is C24H20ClN3O4S. The molecule has 0 radical (unpaired) electrons. The molecule has 0 saturated carbocycles. The molecule has 1 aliphatic heterocycles. The number of hydrogen-bond donors (Lipinski definition) is 2. The summed E-state index contributed by atoms with van der Waals surface area (Å²) in [6.07, 6.45) is 1.62. The molecule has 1 heterocycles. The number of nitrogens with two attached hydrogens (primary N) is 1. The van der Waals surface area contributed by atoms with E-state index in [9.17, 15) is 18.0 Å². The molecule has 33 heavy (non-hydrogen) atoms. The van der Waals surface area contributed by atoms with Crippen LogP contribution in [0, 0.1) is 6.92 Å². The summed E-state index contributed by atoms with van der Waals surface area (Å²) < 4.78 is 23.5. The standard InChI is InChI=1S/C24H20ClN3O4S/c1-15-5-11-19(12-6-15)28-23(29)21(13-16-7-9-17(25)10-8-16)22(24(28)30)27-18-3-2-4-20(14-18)33(26,31)32/h2-14,22,27H,1H3,(H2,26,31,32)/b21-13+. The number of sulfonamides is 1. The van der Waals surface area contributed by atoms with E-state index in [0.717, 1.165) is 10.5 Å². The zero-order valence-corrected chi connectivity index (χ0v) is 19.1. The molecule has 1 aliphatic rings. The minimum absolute atomic E-state index is 0.108. The van der Waals surface area contributed by atoms with Crippen molar-refractivity contribution in [3.63, 3.8) is 0 Å². The van der Waals surface area contributed by atoms with E-state index in [1.807, 2.05) is 19.1 Å². The maximum absolute atomic E-state index is 13.4. The van der Waals surface area contributed by atoms with Crippen LogP contribution < -0.4 is 15.4 Å². The molecule has 2 amide bonds. The third-order valence-electron chi connectivity index (χ3n) is 5.19. The van der Waals surface area contributed by atoms with Crippen LogP contribution >= 0.6 is 11.6 Å². The number of benzene rings is 3. The molecule has 3 aromatic rings. The zero-order chi connectivity index (χ0) is 23.8. The maximum Gasteiger partial charge on any atom is 0.263 e. The molecule has 9 heteroatoms. The Balaban J connectivity index is 1.77. The number of imide groups is 1. The lowest BCUT2D eigenvalue weighted by Gasteiger charge is -2.16. The molecule has 1 fully saturated rings. The zero-order valence-electron chi connectivity index (χ0n) is 17.5. The number of carbonyl (C=O) groups excluding carboxylic acids is 2. The van der Waals surface area contributed by atoms with E-state index in [-0.39, 0.29) is 10.5 Å². The van der Waals surface area contributed by atoms with Crippen molar-refractivity contribution in [2.45, 2.75) is 17.9 Å². The summed E-state index contributed by atoms with van der Waals surface area (Å²) in [7, 11) is -3.94. The van der Waals surface area contributed by atoms with Crippen LogP contribution in [0.25, 0.3) is 6.08 Å². The first-order chi connectivity index (χ1) is 15.6. The topological polar surface area (TPSA) is 110 Å². The first-order valence-corrected chi connectivity index (χ1v) is 11.9. The van der Waals surface area contributed by atoms with Crippen molar-refractivity contribution in [1.29, 1.82) is 0 Å². The van der Waals surface area contributed by atoms with Crippen LogP contribution in [-0.2, 0) is 19.6 Å². The highest BCUT2D eigenvalue weighted by Crippen LogP contribution is 2.31. The van der Waals surface area contributed by atoms with E-state index in [2.05, 4.69) is 5.32 Å². The van der Waals surface area contributed by atoms with Gasteiger partial charge in [-0.05, 0) is 61.0 Å². The Kier molecular flexibility index (Phi) is 6.07. The second-order valence-corrected chi connectivity index (χ2v) is 9.61. The number of amides is 2. The monoisotopic (exact) mass is 481 g/mol. The van der Waals surface area contributed by atoms with Crippen molar-refractivity contribution in [3.05, 3.63) is 94.5 Å². The number of halogens is 1. The molecule has 0 aromatic heterocycles. The normalized spacial score (nSPS) is 17.6. The van der Waals surface area contributed by atoms with Crippen LogP contribution in [0.1, 0.15) is 11.1 Å². The average Bonchev–Trinajstić information content (AvgIpc) is 2.99. The molecule has 1 unspecified atom stereocenters. The Morgan fingerprint density at radius 2 is 1.67 bits per heavy atom. The van der Waals surface area contributed by atoms with E-state index >= 15 is 0 Å². The third kappa shape index (κ3) is 4.83. The van der Waals surface area contributed by atoms with Crippen LogP contribution in [0.15, 0.2) is 83.3 Å². The lowest BCUT2D eigenvalue weighted by Crippen LogP contribution is -2.34. The second-order valence-electron chi connectivity index (χ2n) is 7.62. The van der Waals surface area contributed by atoms with Gasteiger partial charge in [0.1, 0.15) is 6.04 Å². The molecule has 1 saturated heterocycles. The number of nitrogens with zero attached hydrogens (tertiary/aromatic N) is 1. The predicted octanol–water partition coefficient (Wildman–Crippen LogP) is 3.73. The third-order valence-corrected chi connectivity index (χ3v) is 6.35. The van der Waals surface area contributed by atoms with Gasteiger partial charge in [-0.1, -0.05) is 47.5 Å². The highest BCUT2D eigenvalue weighted by molar-refractivity contribution is 7.89. The lowest BCUT2D eigenvalue weighted by molar-refractivity contribution is -0.121. The molecule has 3 N–H and O–H groups in total. The van der Waals surface area contributed by atoms with Crippen LogP contribution in [0.5, 0.6) is 0 Å². The molecule has 168 valence electrons. The van der Waals surface area contributed by atoms with E-state index < -0.39 is 27.9 Å². The van der Waals surface area contributed by atoms with E-state index in [1.165, 1.54) is 18.2 Å². The van der Waals surface area contributed by atoms with Crippen molar-refractivity contribution in [2.75, 3.05) is 10.2 Å². The summed E-state index contributed by atoms with van der Waals surface area (Å²) in [5.74, 6) is -0.955. The molecule has 0 spiro atoms. The van der Waals surface area contributed by atoms with Crippen LogP contribution in [0.3, 0.4) is 0 Å². The van der Waals surface area contributed by atoms with Gasteiger partial charge in [-0.15, -0.1) is 0 Å². The quantitative estimate of drug-likeness (QED) is 0.426. The van der Waals surface area contributed by atoms with Crippen molar-refractivity contribution in [2.24, 2.45) is 5.14 Å². The smallest absolute Gasteiger partial charge is 0.263 e. The molecule has 4 rings (SSSR count). The number of anilines is 2. The fraction of sp³-hybridized carbons (Fsp3) is 0.0833. The minimum Gasteiger partial charge on any atom is -0.370 e. The van der Waals surface area contributed by atoms with Crippen LogP contribution in [-0.4, -0.2) is 26.3 Å². The van der Waals surface area contributed by atoms with Gasteiger partial charge >= 0.3 is 0 Å². The Labute approximate surface area is 196 Å². The maximum atomic E-state index is 13.4. The molecule has 1 atom stereocenters. The van der Waals surface area contributed by atoms with Gasteiger partial charge in [0.2, 0.25) is 10.0 Å². The van der Waals surface area contributed by atoms with Crippen molar-refractivity contribution >= 4 is 50.9 Å². The molecular weight excluding hydrogens is 462 g/mol. The molecule has 0 aliphatic carbocycles. The lowest BCUT2D eigenvalue weighted by atomic mass is 10.1. The summed E-state index contributed by atoms with van der Waals surface area (Å²) in [5.41, 5.74) is 2.67. The van der Waals surface area contributed by atoms with Gasteiger partial charge in [0.05, 0.1) is 16.2 Å². The SMILES string of the molecule is Cc1ccc(N2C(=O)/C(=C/c3ccc(Cl)cc3)C(Nc3cccc(S(N)(=O)=O)c3)C2=O)cc1. The number of rotatable bonds is 5. The average molecular weight is 482 g/mol. The van der Waals surface area contributed by atoms with Gasteiger partial charge in [0, 0.05) is 10.7 Å². The predicted molar refractivity (Wildman–Crippen MR) is 128 cm³/mol. The summed E-state index contributed by atoms with van der Waals surface area (Å²) in [6.45, 7) is 1.91. The summed E-state index contributed by atoms with van der Waals surface area (Å²) >= 11 is 5.96. The molecule has 0 bridgehead atoms. The molecule has 7 nitrogen and oxygen atoms in total. The van der Waals surface area contributed by atoms with Gasteiger partial charge < -0.3 is 5.32 Å². The van der Waals surface area contributed by atoms with Crippen LogP contribution in [0.4, 0.5) is 11.4 Å². The highest BCUT2D eigenvalue weighted by atomic mass is 35.5. The second kappa shape index (κ2) is 8.82. The van der Waals surface area contributed by atoms with E-state index in [1.54, 1.807) is 48.5 Å². The summed E-state index contributed by atoms with van der Waals surface area (Å²) in [6, 6.07) is 18.6. The summed E-state index contributed by atoms with van der Waals surface area (Å²) in [5, 5.41) is 8.77. The summed E-state index contributed by atoms with van der Waals surface area (Å²) in [4.78, 5) is 27.7. The van der Waals surface area contributed by atoms with Crippen LogP contribution in [0.2, 0.25) is 5.02 Å². The van der Waals surface area contributed by atoms with Gasteiger partial charge in [0.25, 0.3) is 11.8 Å². The van der Waals surface area contributed by atoms with Crippen molar-refractivity contribution in [3.8, 4) is 0 Å². The largest absolute Gasteiger partial charge is 0.370 e. The van der Waals surface area contributed by atoms with Gasteiger partial charge in [-0.3, -0.25) is 9.59 Å². The van der Waals surface area contributed by atoms with Crippen molar-refractivity contribution < 1.29 is 18.0 Å². The number of aryl methyl sites for hydroxylation is 1. The Morgan fingerprint density at radius 1 is 1.00 bits per heavy atom. The number of nitrogens with one attached hydrogen (secondary N) is 1. The molecule has 3 aromatic carbocycles. The van der Waals surface area contributed by atoms with Crippen molar-refractivity contribution in [1.82, 2.24) is 0 Å². The van der Waals surface area contributed by atoms with Gasteiger partial charge in [-0.2, -0.15) is 0 Å². The Morgan fingerprint density at radius 3 is 2.30 bits per heavy atom.